The van der Waals surface area contributed by atoms with E-state index in [9.17, 15) is 17.6 Å². The van der Waals surface area contributed by atoms with Crippen molar-refractivity contribution in [1.29, 1.82) is 0 Å². The van der Waals surface area contributed by atoms with Crippen LogP contribution in [0.3, 0.4) is 0 Å². The Balaban J connectivity index is 2.15. The van der Waals surface area contributed by atoms with Gasteiger partial charge in [-0.2, -0.15) is 13.2 Å². The van der Waals surface area contributed by atoms with Crippen LogP contribution in [0.15, 0.2) is 18.2 Å². The third-order valence-electron chi connectivity index (χ3n) is 3.97. The largest absolute Gasteiger partial charge is 0.419 e. The Morgan fingerprint density at radius 1 is 1.24 bits per heavy atom. The molecule has 0 aromatic heterocycles. The molecule has 0 radical (unpaired) electrons. The first kappa shape index (κ1) is 16.2. The molecule has 1 heterocycles. The van der Waals surface area contributed by atoms with E-state index >= 15 is 0 Å². The number of hydrogen-bond donors (Lipinski definition) is 1. The van der Waals surface area contributed by atoms with Crippen LogP contribution in [-0.2, 0) is 12.7 Å². The number of halogens is 4. The summed E-state index contributed by atoms with van der Waals surface area (Å²) < 4.78 is 51.5. The molecule has 2 rings (SSSR count). The van der Waals surface area contributed by atoms with E-state index in [0.717, 1.165) is 44.4 Å². The van der Waals surface area contributed by atoms with Crippen LogP contribution >= 0.6 is 0 Å². The van der Waals surface area contributed by atoms with Gasteiger partial charge in [0.1, 0.15) is 5.82 Å². The molecule has 2 N–H and O–H groups in total. The first-order valence-corrected chi connectivity index (χ1v) is 7.21. The van der Waals surface area contributed by atoms with Crippen molar-refractivity contribution in [1.82, 2.24) is 4.90 Å². The Morgan fingerprint density at radius 3 is 2.67 bits per heavy atom. The van der Waals surface area contributed by atoms with Crippen LogP contribution in [0.1, 0.15) is 36.8 Å². The molecule has 118 valence electrons. The molecule has 1 aromatic rings. The van der Waals surface area contributed by atoms with Crippen molar-refractivity contribution in [2.45, 2.75) is 44.4 Å². The standard InChI is InChI=1S/C15H20F4N2/c16-14-5-4-11(9-13(14)15(17,18)19)10-21-8-2-1-3-12(21)6-7-20/h4-5,9,12H,1-3,6-8,10,20H2. The van der Waals surface area contributed by atoms with E-state index in [1.165, 1.54) is 6.07 Å². The first-order chi connectivity index (χ1) is 9.91. The number of likely N-dealkylation sites (tertiary alicyclic amines) is 1. The predicted molar refractivity (Wildman–Crippen MR) is 73.1 cm³/mol. The van der Waals surface area contributed by atoms with Gasteiger partial charge < -0.3 is 5.73 Å². The van der Waals surface area contributed by atoms with Gasteiger partial charge in [-0.05, 0) is 50.0 Å². The third kappa shape index (κ3) is 4.17. The first-order valence-electron chi connectivity index (χ1n) is 7.21. The Labute approximate surface area is 121 Å². The predicted octanol–water partition coefficient (Wildman–Crippen LogP) is 3.55. The highest BCUT2D eigenvalue weighted by molar-refractivity contribution is 5.27. The minimum absolute atomic E-state index is 0.308. The van der Waals surface area contributed by atoms with E-state index in [-0.39, 0.29) is 0 Å². The molecule has 1 unspecified atom stereocenters. The number of piperidine rings is 1. The fourth-order valence-electron chi connectivity index (χ4n) is 2.91. The highest BCUT2D eigenvalue weighted by Gasteiger charge is 2.34. The molecule has 0 aliphatic carbocycles. The minimum Gasteiger partial charge on any atom is -0.330 e. The van der Waals surface area contributed by atoms with Crippen LogP contribution in [0.25, 0.3) is 0 Å². The van der Waals surface area contributed by atoms with Crippen molar-refractivity contribution in [3.05, 3.63) is 35.1 Å². The maximum atomic E-state index is 13.3. The van der Waals surface area contributed by atoms with Crippen LogP contribution < -0.4 is 5.73 Å². The highest BCUT2D eigenvalue weighted by Crippen LogP contribution is 2.32. The average Bonchev–Trinajstić information content (AvgIpc) is 2.42. The fraction of sp³-hybridized carbons (Fsp3) is 0.600. The number of nitrogens with zero attached hydrogens (tertiary/aromatic N) is 1. The summed E-state index contributed by atoms with van der Waals surface area (Å²) in [4.78, 5) is 2.16. The Kier molecular flexibility index (Phi) is 5.22. The summed E-state index contributed by atoms with van der Waals surface area (Å²) >= 11 is 0. The molecule has 1 aromatic carbocycles. The summed E-state index contributed by atoms with van der Waals surface area (Å²) in [6.45, 7) is 1.83. The van der Waals surface area contributed by atoms with E-state index in [2.05, 4.69) is 4.90 Å². The summed E-state index contributed by atoms with van der Waals surface area (Å²) in [5.74, 6) is -1.22. The molecular formula is C15H20F4N2. The number of hydrogen-bond acceptors (Lipinski definition) is 2. The lowest BCUT2D eigenvalue weighted by atomic mass is 9.98. The third-order valence-corrected chi connectivity index (χ3v) is 3.97. The SMILES string of the molecule is NCCC1CCCCN1Cc1ccc(F)c(C(F)(F)F)c1. The van der Waals surface area contributed by atoms with Gasteiger partial charge in [0.05, 0.1) is 5.56 Å². The maximum Gasteiger partial charge on any atom is 0.419 e. The summed E-state index contributed by atoms with van der Waals surface area (Å²) in [7, 11) is 0. The van der Waals surface area contributed by atoms with Gasteiger partial charge in [-0.25, -0.2) is 4.39 Å². The molecule has 0 spiro atoms. The van der Waals surface area contributed by atoms with Crippen LogP contribution in [0.2, 0.25) is 0 Å². The fourth-order valence-corrected chi connectivity index (χ4v) is 2.91. The summed E-state index contributed by atoms with van der Waals surface area (Å²) in [5, 5.41) is 0. The molecule has 1 fully saturated rings. The maximum absolute atomic E-state index is 13.3. The number of benzene rings is 1. The second-order valence-corrected chi connectivity index (χ2v) is 5.51. The average molecular weight is 304 g/mol. The smallest absolute Gasteiger partial charge is 0.330 e. The number of nitrogens with two attached hydrogens (primary N) is 1. The van der Waals surface area contributed by atoms with Gasteiger partial charge in [0.25, 0.3) is 0 Å². The molecule has 0 amide bonds. The van der Waals surface area contributed by atoms with Gasteiger partial charge in [0, 0.05) is 12.6 Å². The van der Waals surface area contributed by atoms with Crippen molar-refractivity contribution in [3.8, 4) is 0 Å². The van der Waals surface area contributed by atoms with Crippen molar-refractivity contribution < 1.29 is 17.6 Å². The zero-order valence-corrected chi connectivity index (χ0v) is 11.8. The molecule has 1 aliphatic heterocycles. The van der Waals surface area contributed by atoms with Crippen molar-refractivity contribution >= 4 is 0 Å². The van der Waals surface area contributed by atoms with E-state index in [4.69, 9.17) is 5.73 Å². The molecule has 6 heteroatoms. The molecule has 1 aliphatic rings. The van der Waals surface area contributed by atoms with Crippen molar-refractivity contribution in [2.24, 2.45) is 5.73 Å². The van der Waals surface area contributed by atoms with Gasteiger partial charge >= 0.3 is 6.18 Å². The van der Waals surface area contributed by atoms with E-state index < -0.39 is 17.6 Å². The molecule has 0 bridgehead atoms. The van der Waals surface area contributed by atoms with Gasteiger partial charge in [-0.15, -0.1) is 0 Å². The number of rotatable bonds is 4. The Morgan fingerprint density at radius 2 is 2.00 bits per heavy atom. The lowest BCUT2D eigenvalue weighted by molar-refractivity contribution is -0.140. The zero-order valence-electron chi connectivity index (χ0n) is 11.8. The van der Waals surface area contributed by atoms with Crippen molar-refractivity contribution in [2.75, 3.05) is 13.1 Å². The summed E-state index contributed by atoms with van der Waals surface area (Å²) in [6, 6.07) is 3.56. The minimum atomic E-state index is -4.65. The topological polar surface area (TPSA) is 29.3 Å². The van der Waals surface area contributed by atoms with Gasteiger partial charge in [0.2, 0.25) is 0 Å². The molecule has 2 nitrogen and oxygen atoms in total. The second-order valence-electron chi connectivity index (χ2n) is 5.51. The van der Waals surface area contributed by atoms with Crippen LogP contribution in [-0.4, -0.2) is 24.0 Å². The van der Waals surface area contributed by atoms with Gasteiger partial charge in [-0.1, -0.05) is 12.5 Å². The summed E-state index contributed by atoms with van der Waals surface area (Å²) in [6.07, 6.45) is -0.636. The van der Waals surface area contributed by atoms with Gasteiger partial charge in [0.15, 0.2) is 0 Å². The Hall–Kier alpha value is -1.14. The monoisotopic (exact) mass is 304 g/mol. The van der Waals surface area contributed by atoms with E-state index in [1.807, 2.05) is 0 Å². The normalized spacial score (nSPS) is 20.7. The van der Waals surface area contributed by atoms with E-state index in [1.54, 1.807) is 0 Å². The molecular weight excluding hydrogens is 284 g/mol. The molecule has 1 atom stereocenters. The lowest BCUT2D eigenvalue weighted by Crippen LogP contribution is -2.40. The second kappa shape index (κ2) is 6.75. The van der Waals surface area contributed by atoms with Gasteiger partial charge in [-0.3, -0.25) is 4.90 Å². The summed E-state index contributed by atoms with van der Waals surface area (Å²) in [5.41, 5.74) is 4.90. The molecule has 1 saturated heterocycles. The highest BCUT2D eigenvalue weighted by atomic mass is 19.4. The van der Waals surface area contributed by atoms with E-state index in [0.29, 0.717) is 24.7 Å². The zero-order chi connectivity index (χ0) is 15.5. The molecule has 0 saturated carbocycles. The van der Waals surface area contributed by atoms with Crippen molar-refractivity contribution in [3.63, 3.8) is 0 Å². The Bertz CT molecular complexity index is 471. The van der Waals surface area contributed by atoms with Crippen LogP contribution in [0, 0.1) is 5.82 Å². The van der Waals surface area contributed by atoms with Crippen LogP contribution in [0.4, 0.5) is 17.6 Å². The number of alkyl halides is 3. The van der Waals surface area contributed by atoms with Crippen LogP contribution in [0.5, 0.6) is 0 Å². The lowest BCUT2D eigenvalue weighted by Gasteiger charge is -2.35. The molecule has 21 heavy (non-hydrogen) atoms. The quantitative estimate of drug-likeness (QED) is 0.862.